The summed E-state index contributed by atoms with van der Waals surface area (Å²) in [6.07, 6.45) is 5.83. The maximum absolute atomic E-state index is 13.9. The third-order valence-corrected chi connectivity index (χ3v) is 13.6. The number of piperidine rings is 2. The molecular formula is C40H48N12O4S. The number of nitriles is 1. The van der Waals surface area contributed by atoms with Crippen molar-refractivity contribution in [2.75, 3.05) is 49.5 Å². The smallest absolute Gasteiger partial charge is 0.329 e. The van der Waals surface area contributed by atoms with Crippen molar-refractivity contribution in [1.29, 1.82) is 5.26 Å². The van der Waals surface area contributed by atoms with Crippen LogP contribution in [0.5, 0.6) is 0 Å². The van der Waals surface area contributed by atoms with E-state index < -0.39 is 16.1 Å². The van der Waals surface area contributed by atoms with Crippen molar-refractivity contribution in [2.24, 2.45) is 20.0 Å². The molecule has 0 aliphatic carbocycles. The third kappa shape index (κ3) is 7.68. The van der Waals surface area contributed by atoms with Crippen molar-refractivity contribution in [2.45, 2.75) is 69.2 Å². The normalized spacial score (nSPS) is 18.6. The van der Waals surface area contributed by atoms with Gasteiger partial charge in [-0.3, -0.25) is 24.4 Å². The molecular weight excluding hydrogens is 745 g/mol. The van der Waals surface area contributed by atoms with Gasteiger partial charge in [0.25, 0.3) is 0 Å². The zero-order valence-corrected chi connectivity index (χ0v) is 33.6. The Kier molecular flexibility index (Phi) is 10.4. The number of carbonyl (C=O) groups excluding carboxylic acids is 2. The van der Waals surface area contributed by atoms with E-state index in [1.807, 2.05) is 27.1 Å². The average molecular weight is 793 g/mol. The molecule has 0 spiro atoms. The maximum atomic E-state index is 13.9. The number of carbonyl (C=O) groups is 2. The van der Waals surface area contributed by atoms with Crippen LogP contribution in [0, 0.1) is 24.2 Å². The highest BCUT2D eigenvalue weighted by atomic mass is 32.2. The van der Waals surface area contributed by atoms with Crippen LogP contribution in [0.25, 0.3) is 21.9 Å². The lowest BCUT2D eigenvalue weighted by molar-refractivity contribution is -0.120. The SMILES string of the molecule is Cc1nn(C)c2nc(NC3CCN(S(=O)(=O)c4ccc(C#N)c(CC(C)CN5CCC(c6ccc7c(N8CCC(=O)NC8=O)nn(C)c7c6)CC5)c4)CC3)ncc12. The number of hydrogen-bond donors (Lipinski definition) is 2. The monoisotopic (exact) mass is 792 g/mol. The van der Waals surface area contributed by atoms with Crippen molar-refractivity contribution < 1.29 is 18.0 Å². The number of anilines is 2. The van der Waals surface area contributed by atoms with Crippen LogP contribution in [0.3, 0.4) is 0 Å². The molecule has 298 valence electrons. The van der Waals surface area contributed by atoms with Crippen LogP contribution >= 0.6 is 0 Å². The molecule has 3 aliphatic heterocycles. The molecule has 2 N–H and O–H groups in total. The summed E-state index contributed by atoms with van der Waals surface area (Å²) in [5, 5.41) is 26.5. The van der Waals surface area contributed by atoms with Gasteiger partial charge in [-0.15, -0.1) is 0 Å². The maximum Gasteiger partial charge on any atom is 0.329 e. The van der Waals surface area contributed by atoms with Crippen molar-refractivity contribution in [3.63, 3.8) is 0 Å². The second-order valence-electron chi connectivity index (χ2n) is 15.8. The summed E-state index contributed by atoms with van der Waals surface area (Å²) in [4.78, 5) is 37.5. The number of likely N-dealkylation sites (tertiary alicyclic amines) is 1. The van der Waals surface area contributed by atoms with Crippen molar-refractivity contribution in [3.8, 4) is 6.07 Å². The summed E-state index contributed by atoms with van der Waals surface area (Å²) in [5.41, 5.74) is 5.07. The molecule has 1 unspecified atom stereocenters. The van der Waals surface area contributed by atoms with Gasteiger partial charge in [0.2, 0.25) is 21.9 Å². The van der Waals surface area contributed by atoms with Gasteiger partial charge in [-0.2, -0.15) is 24.7 Å². The molecule has 0 radical (unpaired) electrons. The topological polar surface area (TPSA) is 187 Å². The molecule has 3 amide bonds. The third-order valence-electron chi connectivity index (χ3n) is 11.7. The van der Waals surface area contributed by atoms with E-state index in [-0.39, 0.29) is 29.2 Å². The number of hydrogen-bond acceptors (Lipinski definition) is 11. The molecule has 1 atom stereocenters. The van der Waals surface area contributed by atoms with Crippen LogP contribution in [0.1, 0.15) is 67.3 Å². The van der Waals surface area contributed by atoms with Crippen LogP contribution in [0.2, 0.25) is 0 Å². The summed E-state index contributed by atoms with van der Waals surface area (Å²) >= 11 is 0. The van der Waals surface area contributed by atoms with Crippen molar-refractivity contribution >= 4 is 55.7 Å². The Morgan fingerprint density at radius 1 is 0.965 bits per heavy atom. The number of amides is 3. The summed E-state index contributed by atoms with van der Waals surface area (Å²) in [6, 6.07) is 13.1. The number of aromatic nitrogens is 6. The van der Waals surface area contributed by atoms with Gasteiger partial charge < -0.3 is 10.2 Å². The van der Waals surface area contributed by atoms with Crippen LogP contribution in [-0.4, -0.2) is 104 Å². The van der Waals surface area contributed by atoms with E-state index in [1.54, 1.807) is 38.1 Å². The molecule has 3 aromatic heterocycles. The van der Waals surface area contributed by atoms with Gasteiger partial charge in [-0.05, 0) is 105 Å². The molecule has 5 aromatic rings. The van der Waals surface area contributed by atoms with Gasteiger partial charge in [0.15, 0.2) is 11.5 Å². The van der Waals surface area contributed by atoms with E-state index in [2.05, 4.69) is 60.8 Å². The van der Waals surface area contributed by atoms with E-state index in [0.717, 1.165) is 65.7 Å². The molecule has 0 saturated carbocycles. The minimum atomic E-state index is -3.75. The van der Waals surface area contributed by atoms with Crippen LogP contribution < -0.4 is 15.5 Å². The van der Waals surface area contributed by atoms with Crippen molar-refractivity contribution in [3.05, 3.63) is 65.0 Å². The van der Waals surface area contributed by atoms with E-state index >= 15 is 0 Å². The fourth-order valence-electron chi connectivity index (χ4n) is 8.66. The van der Waals surface area contributed by atoms with Crippen LogP contribution in [-0.2, 0) is 35.3 Å². The zero-order chi connectivity index (χ0) is 40.0. The number of imide groups is 1. The van der Waals surface area contributed by atoms with Gasteiger partial charge >= 0.3 is 6.03 Å². The van der Waals surface area contributed by atoms with E-state index in [4.69, 9.17) is 0 Å². The highest BCUT2D eigenvalue weighted by Crippen LogP contribution is 2.34. The molecule has 2 aromatic carbocycles. The first-order chi connectivity index (χ1) is 27.4. The highest BCUT2D eigenvalue weighted by molar-refractivity contribution is 7.89. The first-order valence-electron chi connectivity index (χ1n) is 19.6. The second-order valence-corrected chi connectivity index (χ2v) is 17.7. The van der Waals surface area contributed by atoms with Gasteiger partial charge in [0.1, 0.15) is 0 Å². The van der Waals surface area contributed by atoms with Gasteiger partial charge in [-0.25, -0.2) is 18.2 Å². The Hall–Kier alpha value is -5.44. The lowest BCUT2D eigenvalue weighted by atomic mass is 9.88. The zero-order valence-electron chi connectivity index (χ0n) is 32.8. The minimum absolute atomic E-state index is 0.0359. The molecule has 6 heterocycles. The molecule has 17 heteroatoms. The number of fused-ring (bicyclic) bond motifs is 2. The Morgan fingerprint density at radius 3 is 2.47 bits per heavy atom. The number of rotatable bonds is 10. The molecule has 3 saturated heterocycles. The lowest BCUT2D eigenvalue weighted by Crippen LogP contribution is -2.49. The number of nitrogens with zero attached hydrogens (tertiary/aromatic N) is 10. The Labute approximate surface area is 331 Å². The Morgan fingerprint density at radius 2 is 1.74 bits per heavy atom. The molecule has 0 bridgehead atoms. The molecule has 16 nitrogen and oxygen atoms in total. The lowest BCUT2D eigenvalue weighted by Gasteiger charge is -2.34. The summed E-state index contributed by atoms with van der Waals surface area (Å²) in [6.45, 7) is 7.83. The summed E-state index contributed by atoms with van der Waals surface area (Å²) in [5.74, 6) is 1.39. The molecule has 57 heavy (non-hydrogen) atoms. The summed E-state index contributed by atoms with van der Waals surface area (Å²) in [7, 11) is -0.0270. The fourth-order valence-corrected chi connectivity index (χ4v) is 10.2. The number of benzene rings is 2. The Balaban J connectivity index is 0.857. The fraction of sp³-hybridized carbons (Fsp3) is 0.475. The predicted molar refractivity (Wildman–Crippen MR) is 215 cm³/mol. The highest BCUT2D eigenvalue weighted by Gasteiger charge is 2.32. The van der Waals surface area contributed by atoms with Gasteiger partial charge in [0, 0.05) is 64.3 Å². The number of nitrogens with one attached hydrogen (secondary N) is 2. The summed E-state index contributed by atoms with van der Waals surface area (Å²) < 4.78 is 32.8. The number of urea groups is 1. The molecule has 3 aliphatic rings. The quantitative estimate of drug-likeness (QED) is 0.206. The van der Waals surface area contributed by atoms with Gasteiger partial charge in [0.05, 0.1) is 33.1 Å². The number of aryl methyl sites for hydroxylation is 3. The van der Waals surface area contributed by atoms with Crippen LogP contribution in [0.4, 0.5) is 16.6 Å². The minimum Gasteiger partial charge on any atom is -0.351 e. The Bertz CT molecular complexity index is 2510. The first-order valence-corrected chi connectivity index (χ1v) is 21.1. The van der Waals surface area contributed by atoms with E-state index in [9.17, 15) is 23.3 Å². The standard InChI is InChI=1S/C40H48N12O4S/c1-25(24-50-14-9-27(10-15-50)28-6-8-33-35(21-28)48(3)47-38(33)52-18-13-36(53)44-40(52)54)19-30-20-32(7-5-29(30)22-41)57(55,56)51-16-11-31(12-17-51)43-39-42-23-34-26(2)46-49(4)37(34)45-39/h5-8,20-21,23,25,27,31H,9-19,24H2,1-4H3,(H,42,43,45)(H,44,53,54). The van der Waals surface area contributed by atoms with E-state index in [1.165, 1.54) is 10.5 Å². The first kappa shape index (κ1) is 38.4. The largest absolute Gasteiger partial charge is 0.351 e. The van der Waals surface area contributed by atoms with Crippen LogP contribution in [0.15, 0.2) is 47.5 Å². The van der Waals surface area contributed by atoms with E-state index in [0.29, 0.717) is 62.1 Å². The number of sulfonamides is 1. The second kappa shape index (κ2) is 15.5. The average Bonchev–Trinajstić information content (AvgIpc) is 3.68. The molecule has 8 rings (SSSR count). The molecule has 3 fully saturated rings. The van der Waals surface area contributed by atoms with Crippen molar-refractivity contribution in [1.82, 2.24) is 44.1 Å². The van der Waals surface area contributed by atoms with Gasteiger partial charge in [-0.1, -0.05) is 13.0 Å². The predicted octanol–water partition coefficient (Wildman–Crippen LogP) is 4.20.